The minimum absolute atomic E-state index is 0.0861. The van der Waals surface area contributed by atoms with Crippen molar-refractivity contribution in [3.8, 4) is 5.75 Å². The van der Waals surface area contributed by atoms with Gasteiger partial charge in [0.25, 0.3) is 0 Å². The van der Waals surface area contributed by atoms with Crippen LogP contribution in [-0.2, 0) is 11.3 Å². The highest BCUT2D eigenvalue weighted by Gasteiger charge is 2.08. The molecule has 0 fully saturated rings. The van der Waals surface area contributed by atoms with E-state index in [1.54, 1.807) is 20.3 Å². The van der Waals surface area contributed by atoms with Gasteiger partial charge in [-0.2, -0.15) is 0 Å². The minimum atomic E-state index is 0.0861. The molecule has 112 valence electrons. The largest absolute Gasteiger partial charge is 0.496 e. The van der Waals surface area contributed by atoms with Crippen molar-refractivity contribution in [2.45, 2.75) is 19.5 Å². The number of halogens is 1. The normalized spacial score (nSPS) is 12.9. The fraction of sp³-hybridized carbons (Fsp3) is 0.462. The Kier molecular flexibility index (Phi) is 7.14. The molecule has 0 radical (unpaired) electrons. The van der Waals surface area contributed by atoms with Gasteiger partial charge < -0.3 is 14.8 Å². The minimum Gasteiger partial charge on any atom is -0.496 e. The number of hydrogen-bond acceptors (Lipinski definition) is 4. The monoisotopic (exact) mass is 300 g/mol. The van der Waals surface area contributed by atoms with Crippen molar-refractivity contribution >= 4 is 17.6 Å². The first kappa shape index (κ1) is 16.6. The molecule has 4 N–H and O–H groups in total. The van der Waals surface area contributed by atoms with Crippen LogP contribution in [-0.4, -0.2) is 32.8 Å². The Morgan fingerprint density at radius 1 is 1.45 bits per heavy atom. The van der Waals surface area contributed by atoms with Crippen molar-refractivity contribution in [1.82, 2.24) is 10.7 Å². The molecule has 1 aromatic rings. The maximum atomic E-state index is 6.15. The van der Waals surface area contributed by atoms with E-state index in [4.69, 9.17) is 26.9 Å². The van der Waals surface area contributed by atoms with E-state index >= 15 is 0 Å². The number of guanidine groups is 1. The van der Waals surface area contributed by atoms with Crippen LogP contribution in [0.15, 0.2) is 23.2 Å². The van der Waals surface area contributed by atoms with Gasteiger partial charge in [0.15, 0.2) is 0 Å². The fourth-order valence-electron chi connectivity index (χ4n) is 1.70. The molecule has 0 bridgehead atoms. The molecule has 0 amide bonds. The summed E-state index contributed by atoms with van der Waals surface area (Å²) >= 11 is 6.15. The predicted octanol–water partition coefficient (Wildman–Crippen LogP) is 1.29. The van der Waals surface area contributed by atoms with E-state index in [0.717, 1.165) is 5.56 Å². The molecule has 0 aromatic heterocycles. The molecule has 1 unspecified atom stereocenters. The van der Waals surface area contributed by atoms with Gasteiger partial charge in [-0.25, -0.2) is 10.8 Å². The van der Waals surface area contributed by atoms with E-state index in [1.807, 2.05) is 19.1 Å². The number of nitrogens with zero attached hydrogens (tertiary/aromatic N) is 1. The number of hydrazine groups is 1. The van der Waals surface area contributed by atoms with Crippen LogP contribution in [0.5, 0.6) is 5.75 Å². The second-order valence-corrected chi connectivity index (χ2v) is 4.64. The van der Waals surface area contributed by atoms with Crippen molar-refractivity contribution in [3.63, 3.8) is 0 Å². The molecule has 6 nitrogen and oxygen atoms in total. The first-order chi connectivity index (χ1) is 9.62. The second kappa shape index (κ2) is 8.63. The summed E-state index contributed by atoms with van der Waals surface area (Å²) in [5.41, 5.74) is 3.33. The van der Waals surface area contributed by atoms with Gasteiger partial charge in [0.2, 0.25) is 5.96 Å². The summed E-state index contributed by atoms with van der Waals surface area (Å²) in [4.78, 5) is 4.35. The predicted molar refractivity (Wildman–Crippen MR) is 80.9 cm³/mol. The van der Waals surface area contributed by atoms with E-state index < -0.39 is 0 Å². The summed E-state index contributed by atoms with van der Waals surface area (Å²) in [5.74, 6) is 6.61. The molecule has 1 rings (SSSR count). The van der Waals surface area contributed by atoms with Crippen molar-refractivity contribution in [3.05, 3.63) is 28.8 Å². The summed E-state index contributed by atoms with van der Waals surface area (Å²) < 4.78 is 10.3. The topological polar surface area (TPSA) is 80.9 Å². The molecule has 20 heavy (non-hydrogen) atoms. The summed E-state index contributed by atoms with van der Waals surface area (Å²) in [6.45, 7) is 2.87. The van der Waals surface area contributed by atoms with E-state index in [2.05, 4.69) is 15.7 Å². The van der Waals surface area contributed by atoms with Gasteiger partial charge in [0.05, 0.1) is 20.3 Å². The van der Waals surface area contributed by atoms with Crippen LogP contribution in [0.1, 0.15) is 12.5 Å². The van der Waals surface area contributed by atoms with Gasteiger partial charge in [-0.05, 0) is 19.1 Å². The number of rotatable bonds is 6. The number of hydrogen-bond donors (Lipinski definition) is 3. The SMILES string of the molecule is COCC(C)NC(=NCc1c(Cl)cccc1OC)NN. The zero-order chi connectivity index (χ0) is 15.0. The van der Waals surface area contributed by atoms with Crippen LogP contribution in [0.3, 0.4) is 0 Å². The van der Waals surface area contributed by atoms with Crippen molar-refractivity contribution in [2.75, 3.05) is 20.8 Å². The van der Waals surface area contributed by atoms with E-state index in [-0.39, 0.29) is 6.04 Å². The summed E-state index contributed by atoms with van der Waals surface area (Å²) in [5, 5.41) is 3.71. The lowest BCUT2D eigenvalue weighted by atomic mass is 10.2. The van der Waals surface area contributed by atoms with E-state index in [9.17, 15) is 0 Å². The molecular weight excluding hydrogens is 280 g/mol. The van der Waals surface area contributed by atoms with Crippen molar-refractivity contribution < 1.29 is 9.47 Å². The lowest BCUT2D eigenvalue weighted by molar-refractivity contribution is 0.179. The summed E-state index contributed by atoms with van der Waals surface area (Å²) in [7, 11) is 3.24. The smallest absolute Gasteiger partial charge is 0.206 e. The molecular formula is C13H21ClN4O2. The molecule has 0 saturated heterocycles. The van der Waals surface area contributed by atoms with Crippen LogP contribution in [0.2, 0.25) is 5.02 Å². The standard InChI is InChI=1S/C13H21ClN4O2/c1-9(8-19-2)17-13(18-15)16-7-10-11(14)5-4-6-12(10)20-3/h4-6,9H,7-8,15H2,1-3H3,(H2,16,17,18). The Morgan fingerprint density at radius 3 is 2.80 bits per heavy atom. The molecule has 0 spiro atoms. The number of nitrogens with two attached hydrogens (primary N) is 1. The zero-order valence-electron chi connectivity index (χ0n) is 11.9. The quantitative estimate of drug-likeness (QED) is 0.319. The van der Waals surface area contributed by atoms with Gasteiger partial charge in [0.1, 0.15) is 5.75 Å². The fourth-order valence-corrected chi connectivity index (χ4v) is 1.93. The Balaban J connectivity index is 2.78. The molecule has 0 aliphatic heterocycles. The molecule has 0 aliphatic rings. The Labute approximate surface area is 124 Å². The number of ether oxygens (including phenoxy) is 2. The third kappa shape index (κ3) is 4.88. The molecule has 1 aromatic carbocycles. The van der Waals surface area contributed by atoms with Crippen molar-refractivity contribution in [1.29, 1.82) is 0 Å². The second-order valence-electron chi connectivity index (χ2n) is 4.23. The van der Waals surface area contributed by atoms with Gasteiger partial charge in [-0.3, -0.25) is 5.43 Å². The van der Waals surface area contributed by atoms with Crippen LogP contribution >= 0.6 is 11.6 Å². The molecule has 0 aliphatic carbocycles. The summed E-state index contributed by atoms with van der Waals surface area (Å²) in [6.07, 6.45) is 0. The zero-order valence-corrected chi connectivity index (χ0v) is 12.7. The Hall–Kier alpha value is -1.50. The Bertz CT molecular complexity index is 454. The average molecular weight is 301 g/mol. The van der Waals surface area contributed by atoms with Gasteiger partial charge >= 0.3 is 0 Å². The van der Waals surface area contributed by atoms with Crippen molar-refractivity contribution in [2.24, 2.45) is 10.8 Å². The van der Waals surface area contributed by atoms with E-state index in [0.29, 0.717) is 29.9 Å². The summed E-state index contributed by atoms with van der Waals surface area (Å²) in [6, 6.07) is 5.55. The van der Waals surface area contributed by atoms with E-state index in [1.165, 1.54) is 0 Å². The van der Waals surface area contributed by atoms with Crippen LogP contribution < -0.4 is 21.3 Å². The van der Waals surface area contributed by atoms with Gasteiger partial charge in [0, 0.05) is 23.7 Å². The highest BCUT2D eigenvalue weighted by molar-refractivity contribution is 6.31. The first-order valence-corrected chi connectivity index (χ1v) is 6.58. The lowest BCUT2D eigenvalue weighted by Gasteiger charge is -2.16. The molecule has 1 atom stereocenters. The van der Waals surface area contributed by atoms with Crippen LogP contribution in [0.4, 0.5) is 0 Å². The van der Waals surface area contributed by atoms with Gasteiger partial charge in [-0.1, -0.05) is 17.7 Å². The number of methoxy groups -OCH3 is 2. The van der Waals surface area contributed by atoms with Crippen LogP contribution in [0, 0.1) is 0 Å². The van der Waals surface area contributed by atoms with Crippen LogP contribution in [0.25, 0.3) is 0 Å². The first-order valence-electron chi connectivity index (χ1n) is 6.20. The molecule has 0 heterocycles. The number of aliphatic imine (C=N–C) groups is 1. The highest BCUT2D eigenvalue weighted by atomic mass is 35.5. The maximum Gasteiger partial charge on any atom is 0.206 e. The average Bonchev–Trinajstić information content (AvgIpc) is 2.44. The lowest BCUT2D eigenvalue weighted by Crippen LogP contribution is -2.46. The molecule has 7 heteroatoms. The third-order valence-electron chi connectivity index (χ3n) is 2.63. The maximum absolute atomic E-state index is 6.15. The number of nitrogens with one attached hydrogen (secondary N) is 2. The number of benzene rings is 1. The van der Waals surface area contributed by atoms with Gasteiger partial charge in [-0.15, -0.1) is 0 Å². The molecule has 0 saturated carbocycles. The Morgan fingerprint density at radius 2 is 2.20 bits per heavy atom. The third-order valence-corrected chi connectivity index (χ3v) is 2.98. The highest BCUT2D eigenvalue weighted by Crippen LogP contribution is 2.26.